The fraction of sp³-hybridized carbons (Fsp3) is 0.731. The molecule has 0 aromatic heterocycles. The number of hydrogen-bond donors (Lipinski definition) is 1. The van der Waals surface area contributed by atoms with Crippen LogP contribution in [-0.2, 0) is 38.2 Å². The molecule has 1 spiro atoms. The first-order valence-corrected chi connectivity index (χ1v) is 12.1. The molecule has 0 aliphatic heterocycles. The van der Waals surface area contributed by atoms with Crippen LogP contribution in [0.15, 0.2) is 12.2 Å². The Balaban J connectivity index is 1.99. The normalized spacial score (nSPS) is 43.6. The number of hydrogen-bond acceptors (Lipinski definition) is 9. The van der Waals surface area contributed by atoms with Crippen LogP contribution in [0.5, 0.6) is 0 Å². The van der Waals surface area contributed by atoms with E-state index < -0.39 is 76.2 Å². The number of carbonyl (C=O) groups excluding carboxylic acids is 5. The highest BCUT2D eigenvalue weighted by Gasteiger charge is 2.79. The van der Waals surface area contributed by atoms with Crippen molar-refractivity contribution >= 4 is 29.5 Å². The summed E-state index contributed by atoms with van der Waals surface area (Å²) >= 11 is 0. The van der Waals surface area contributed by atoms with Crippen LogP contribution in [-0.4, -0.2) is 59.0 Å². The molecule has 0 radical (unpaired) electrons. The van der Waals surface area contributed by atoms with Crippen molar-refractivity contribution in [2.24, 2.45) is 34.0 Å². The van der Waals surface area contributed by atoms with Crippen LogP contribution in [0, 0.1) is 34.0 Å². The Hall–Kier alpha value is -2.55. The van der Waals surface area contributed by atoms with E-state index in [1.807, 2.05) is 0 Å². The highest BCUT2D eigenvalue weighted by atomic mass is 16.6. The van der Waals surface area contributed by atoms with Crippen LogP contribution in [0.2, 0.25) is 0 Å². The highest BCUT2D eigenvalue weighted by Crippen LogP contribution is 2.71. The molecule has 2 bridgehead atoms. The minimum absolute atomic E-state index is 0.0447. The molecule has 0 saturated heterocycles. The Kier molecular flexibility index (Phi) is 5.82. The fourth-order valence-corrected chi connectivity index (χ4v) is 8.16. The van der Waals surface area contributed by atoms with E-state index in [4.69, 9.17) is 14.2 Å². The molecule has 0 amide bonds. The average molecular weight is 491 g/mol. The predicted octanol–water partition coefficient (Wildman–Crippen LogP) is 1.93. The summed E-state index contributed by atoms with van der Waals surface area (Å²) in [6.45, 7) is 13.0. The summed E-state index contributed by atoms with van der Waals surface area (Å²) in [5.41, 5.74) is -3.40. The summed E-state index contributed by atoms with van der Waals surface area (Å²) in [6, 6.07) is 0. The van der Waals surface area contributed by atoms with Crippen molar-refractivity contribution in [1.29, 1.82) is 0 Å². The number of Topliss-reactive ketones (excluding diaryl/α,β-unsaturated/α-hetero) is 2. The third-order valence-electron chi connectivity index (χ3n) is 9.18. The molecule has 4 fully saturated rings. The molecule has 0 heterocycles. The van der Waals surface area contributed by atoms with E-state index in [0.717, 1.165) is 0 Å². The molecule has 4 saturated carbocycles. The van der Waals surface area contributed by atoms with Gasteiger partial charge in [0.1, 0.15) is 12.2 Å². The van der Waals surface area contributed by atoms with Crippen molar-refractivity contribution in [3.63, 3.8) is 0 Å². The number of aliphatic hydroxyl groups excluding tert-OH is 1. The van der Waals surface area contributed by atoms with Crippen LogP contribution in [0.4, 0.5) is 0 Å². The van der Waals surface area contributed by atoms with Gasteiger partial charge in [-0.2, -0.15) is 0 Å². The molecule has 0 aromatic carbocycles. The maximum absolute atomic E-state index is 14.3. The lowest BCUT2D eigenvalue weighted by molar-refractivity contribution is -0.262. The van der Waals surface area contributed by atoms with E-state index in [0.29, 0.717) is 12.0 Å². The number of fused-ring (bicyclic) bond motifs is 3. The molecule has 9 heteroatoms. The first-order chi connectivity index (χ1) is 16.1. The summed E-state index contributed by atoms with van der Waals surface area (Å²) in [7, 11) is 0. The van der Waals surface area contributed by atoms with Gasteiger partial charge in [0, 0.05) is 49.9 Å². The smallest absolute Gasteiger partial charge is 0.303 e. The maximum Gasteiger partial charge on any atom is 0.303 e. The zero-order chi connectivity index (χ0) is 26.2. The summed E-state index contributed by atoms with van der Waals surface area (Å²) < 4.78 is 16.9. The summed E-state index contributed by atoms with van der Waals surface area (Å²) in [5.74, 6) is -4.80. The van der Waals surface area contributed by atoms with Crippen LogP contribution >= 0.6 is 0 Å². The Morgan fingerprint density at radius 1 is 0.943 bits per heavy atom. The largest absolute Gasteiger partial charge is 0.462 e. The van der Waals surface area contributed by atoms with Gasteiger partial charge < -0.3 is 19.3 Å². The van der Waals surface area contributed by atoms with Crippen LogP contribution in [0.1, 0.15) is 60.8 Å². The van der Waals surface area contributed by atoms with Gasteiger partial charge in [0.05, 0.1) is 11.5 Å². The standard InChI is InChI=1S/C26H34O9/c1-11-15-8-16(33-12(2)27)20-25(7)17(30)9-18(34-13(3)28)24(5,6)21(25)19(31)23(35-14(4)29)26(20,10-15)22(11)32/h15-18,20-21,23,30H,1,8-10H2,2-7H3/t15-,16+,17+,18+,20+,21-,23+,25+,26+/m1/s1. The van der Waals surface area contributed by atoms with E-state index in [9.17, 15) is 29.1 Å². The molecule has 4 aliphatic rings. The topological polar surface area (TPSA) is 133 Å². The molecule has 35 heavy (non-hydrogen) atoms. The van der Waals surface area contributed by atoms with E-state index in [1.165, 1.54) is 20.8 Å². The van der Waals surface area contributed by atoms with Gasteiger partial charge in [-0.15, -0.1) is 0 Å². The van der Waals surface area contributed by atoms with Crippen molar-refractivity contribution in [2.45, 2.75) is 85.2 Å². The molecule has 0 unspecified atom stereocenters. The molecule has 4 aliphatic carbocycles. The molecular weight excluding hydrogens is 456 g/mol. The number of ether oxygens (including phenoxy) is 3. The Labute approximate surface area is 204 Å². The van der Waals surface area contributed by atoms with Gasteiger partial charge in [-0.1, -0.05) is 27.4 Å². The third kappa shape index (κ3) is 3.33. The monoisotopic (exact) mass is 490 g/mol. The summed E-state index contributed by atoms with van der Waals surface area (Å²) in [6.07, 6.45) is -3.60. The molecule has 192 valence electrons. The lowest BCUT2D eigenvalue weighted by atomic mass is 9.38. The third-order valence-corrected chi connectivity index (χ3v) is 9.18. The number of ketones is 2. The van der Waals surface area contributed by atoms with Crippen molar-refractivity contribution in [2.75, 3.05) is 0 Å². The van der Waals surface area contributed by atoms with Crippen molar-refractivity contribution in [3.8, 4) is 0 Å². The number of carbonyl (C=O) groups is 5. The number of aliphatic hydroxyl groups is 1. The van der Waals surface area contributed by atoms with E-state index >= 15 is 0 Å². The summed E-state index contributed by atoms with van der Waals surface area (Å²) in [5, 5.41) is 11.6. The van der Waals surface area contributed by atoms with Gasteiger partial charge >= 0.3 is 17.9 Å². The Bertz CT molecular complexity index is 1030. The quantitative estimate of drug-likeness (QED) is 0.358. The van der Waals surface area contributed by atoms with E-state index in [2.05, 4.69) is 6.58 Å². The van der Waals surface area contributed by atoms with Gasteiger partial charge in [0.15, 0.2) is 17.7 Å². The van der Waals surface area contributed by atoms with Crippen molar-refractivity contribution in [3.05, 3.63) is 12.2 Å². The molecule has 0 aromatic rings. The molecule has 4 rings (SSSR count). The van der Waals surface area contributed by atoms with Gasteiger partial charge in [-0.25, -0.2) is 0 Å². The predicted molar refractivity (Wildman–Crippen MR) is 120 cm³/mol. The van der Waals surface area contributed by atoms with Crippen LogP contribution < -0.4 is 0 Å². The fourth-order valence-electron chi connectivity index (χ4n) is 8.16. The van der Waals surface area contributed by atoms with Gasteiger partial charge in [-0.3, -0.25) is 24.0 Å². The second-order valence-electron chi connectivity index (χ2n) is 11.5. The molecule has 9 atom stereocenters. The number of allylic oxidation sites excluding steroid dienone is 1. The van der Waals surface area contributed by atoms with Gasteiger partial charge in [0.25, 0.3) is 0 Å². The SMILES string of the molecule is C=C1C(=O)[C@]23C[C@H]1C[C@H](OC(C)=O)[C@H]2[C@@]1(C)[C@H](C(=O)[C@@H]3OC(C)=O)C(C)(C)[C@@H](OC(C)=O)C[C@@H]1O. The second-order valence-corrected chi connectivity index (χ2v) is 11.5. The molecular formula is C26H34O9. The van der Waals surface area contributed by atoms with Gasteiger partial charge in [-0.05, 0) is 24.3 Å². The van der Waals surface area contributed by atoms with Crippen LogP contribution in [0.3, 0.4) is 0 Å². The molecule has 1 N–H and O–H groups in total. The second kappa shape index (κ2) is 7.98. The number of rotatable bonds is 3. The maximum atomic E-state index is 14.3. The Morgan fingerprint density at radius 2 is 1.51 bits per heavy atom. The molecule has 9 nitrogen and oxygen atoms in total. The summed E-state index contributed by atoms with van der Waals surface area (Å²) in [4.78, 5) is 64.4. The van der Waals surface area contributed by atoms with Crippen molar-refractivity contribution < 1.29 is 43.3 Å². The van der Waals surface area contributed by atoms with E-state index in [-0.39, 0.29) is 24.5 Å². The minimum atomic E-state index is -1.50. The average Bonchev–Trinajstić information content (AvgIpc) is 2.90. The van der Waals surface area contributed by atoms with Crippen LogP contribution in [0.25, 0.3) is 0 Å². The first-order valence-electron chi connectivity index (χ1n) is 12.1. The highest BCUT2D eigenvalue weighted by molar-refractivity contribution is 6.08. The lowest BCUT2D eigenvalue weighted by Gasteiger charge is -2.66. The first kappa shape index (κ1) is 25.5. The zero-order valence-corrected chi connectivity index (χ0v) is 21.1. The van der Waals surface area contributed by atoms with Gasteiger partial charge in [0.2, 0.25) is 0 Å². The van der Waals surface area contributed by atoms with E-state index in [1.54, 1.807) is 20.8 Å². The minimum Gasteiger partial charge on any atom is -0.462 e. The lowest BCUT2D eigenvalue weighted by Crippen LogP contribution is -2.75. The number of esters is 3. The Morgan fingerprint density at radius 3 is 2.06 bits per heavy atom. The van der Waals surface area contributed by atoms with Crippen molar-refractivity contribution in [1.82, 2.24) is 0 Å². The zero-order valence-electron chi connectivity index (χ0n) is 21.1.